The van der Waals surface area contributed by atoms with Gasteiger partial charge in [-0.15, -0.1) is 0 Å². The van der Waals surface area contributed by atoms with Gasteiger partial charge in [0.05, 0.1) is 29.5 Å². The lowest BCUT2D eigenvalue weighted by atomic mass is 10.0. The zero-order valence-electron chi connectivity index (χ0n) is 18.5. The Labute approximate surface area is 203 Å². The Bertz CT molecular complexity index is 1240. The zero-order valence-corrected chi connectivity index (χ0v) is 19.4. The van der Waals surface area contributed by atoms with Crippen molar-refractivity contribution in [3.8, 4) is 17.6 Å². The predicted molar refractivity (Wildman–Crippen MR) is 122 cm³/mol. The number of amides is 1. The van der Waals surface area contributed by atoms with Gasteiger partial charge in [0.1, 0.15) is 18.2 Å². The minimum Gasteiger partial charge on any atom is -0.486 e. The first-order valence-corrected chi connectivity index (χ1v) is 10.8. The highest BCUT2D eigenvalue weighted by atomic mass is 32.1. The van der Waals surface area contributed by atoms with Crippen LogP contribution in [0, 0.1) is 11.3 Å². The number of hydrogen-bond donors (Lipinski definition) is 2. The van der Waals surface area contributed by atoms with Gasteiger partial charge in [-0.05, 0) is 56.4 Å². The monoisotopic (exact) mass is 507 g/mol. The minimum absolute atomic E-state index is 0.0253. The van der Waals surface area contributed by atoms with Crippen molar-refractivity contribution in [2.75, 3.05) is 23.0 Å². The van der Waals surface area contributed by atoms with Crippen molar-refractivity contribution in [3.63, 3.8) is 0 Å². The molecule has 8 nitrogen and oxygen atoms in total. The number of hydrogen-bond acceptors (Lipinski definition) is 7. The second-order valence-electron chi connectivity index (χ2n) is 8.51. The number of thiocarbonyl (C=S) groups is 1. The number of aliphatic hydroxyl groups is 2. The Kier molecular flexibility index (Phi) is 6.12. The molecule has 0 bridgehead atoms. The summed E-state index contributed by atoms with van der Waals surface area (Å²) in [5.41, 5.74) is -2.66. The first kappa shape index (κ1) is 24.7. The summed E-state index contributed by atoms with van der Waals surface area (Å²) in [7, 11) is 0. The summed E-state index contributed by atoms with van der Waals surface area (Å²) in [6.45, 7) is 2.64. The van der Waals surface area contributed by atoms with Gasteiger partial charge in [-0.25, -0.2) is 0 Å². The maximum atomic E-state index is 13.5. The number of rotatable bonds is 4. The van der Waals surface area contributed by atoms with E-state index in [2.05, 4.69) is 0 Å². The van der Waals surface area contributed by atoms with E-state index in [1.807, 2.05) is 0 Å². The molecular formula is C23H20F3N3O5S. The Morgan fingerprint density at radius 1 is 1.23 bits per heavy atom. The van der Waals surface area contributed by atoms with E-state index >= 15 is 0 Å². The lowest BCUT2D eigenvalue weighted by molar-refractivity contribution is -0.137. The number of aliphatic hydroxyl groups excluding tert-OH is 2. The molecule has 2 aliphatic heterocycles. The molecule has 2 N–H and O–H groups in total. The van der Waals surface area contributed by atoms with E-state index in [1.54, 1.807) is 32.0 Å². The first-order valence-electron chi connectivity index (χ1n) is 10.4. The Hall–Kier alpha value is -3.40. The van der Waals surface area contributed by atoms with Crippen LogP contribution in [0.5, 0.6) is 11.5 Å². The van der Waals surface area contributed by atoms with Gasteiger partial charge < -0.3 is 24.6 Å². The van der Waals surface area contributed by atoms with Crippen LogP contribution < -0.4 is 19.3 Å². The largest absolute Gasteiger partial charge is 0.486 e. The van der Waals surface area contributed by atoms with Crippen molar-refractivity contribution in [2.45, 2.75) is 37.8 Å². The average molecular weight is 507 g/mol. The molecule has 12 heteroatoms. The van der Waals surface area contributed by atoms with E-state index in [4.69, 9.17) is 32.1 Å². The Morgan fingerprint density at radius 3 is 2.54 bits per heavy atom. The van der Waals surface area contributed by atoms with Gasteiger partial charge in [0.25, 0.3) is 5.91 Å². The molecule has 1 saturated heterocycles. The van der Waals surface area contributed by atoms with Crippen LogP contribution in [0.1, 0.15) is 25.0 Å². The van der Waals surface area contributed by atoms with Crippen molar-refractivity contribution >= 4 is 34.6 Å². The second-order valence-corrected chi connectivity index (χ2v) is 8.87. The number of halogens is 3. The molecule has 2 atom stereocenters. The minimum atomic E-state index is -4.79. The molecule has 0 radical (unpaired) electrons. The van der Waals surface area contributed by atoms with E-state index in [0.29, 0.717) is 17.2 Å². The molecule has 2 aromatic carbocycles. The number of ether oxygens (including phenoxy) is 2. The Balaban J connectivity index is 1.70. The van der Waals surface area contributed by atoms with E-state index in [9.17, 15) is 23.1 Å². The van der Waals surface area contributed by atoms with Crippen molar-refractivity contribution in [2.24, 2.45) is 0 Å². The van der Waals surface area contributed by atoms with Crippen LogP contribution in [0.15, 0.2) is 36.4 Å². The SMILES string of the molecule is CC1(C)C(=O)N(c2ccc(C#N)c(C(F)(F)F)c2)C(=S)N1c1ccc2c(c1)OCC(C(O)CO)O2. The van der Waals surface area contributed by atoms with Crippen molar-refractivity contribution in [1.29, 1.82) is 5.26 Å². The van der Waals surface area contributed by atoms with Crippen LogP contribution in [0.2, 0.25) is 0 Å². The van der Waals surface area contributed by atoms with Gasteiger partial charge in [0, 0.05) is 11.8 Å². The van der Waals surface area contributed by atoms with Gasteiger partial charge in [0.2, 0.25) is 0 Å². The smallest absolute Gasteiger partial charge is 0.417 e. The lowest BCUT2D eigenvalue weighted by Gasteiger charge is -2.32. The van der Waals surface area contributed by atoms with Crippen LogP contribution >= 0.6 is 12.2 Å². The number of alkyl halides is 3. The fourth-order valence-corrected chi connectivity index (χ4v) is 4.50. The molecule has 2 aliphatic rings. The molecule has 0 spiro atoms. The average Bonchev–Trinajstić information content (AvgIpc) is 3.00. The van der Waals surface area contributed by atoms with Crippen molar-refractivity contribution < 1.29 is 37.7 Å². The molecule has 184 valence electrons. The van der Waals surface area contributed by atoms with Crippen molar-refractivity contribution in [1.82, 2.24) is 0 Å². The molecular weight excluding hydrogens is 487 g/mol. The van der Waals surface area contributed by atoms with E-state index in [1.165, 1.54) is 17.0 Å². The first-order chi connectivity index (χ1) is 16.4. The molecule has 4 rings (SSSR count). The summed E-state index contributed by atoms with van der Waals surface area (Å²) in [5.74, 6) is 0.0676. The van der Waals surface area contributed by atoms with Gasteiger partial charge in [0.15, 0.2) is 22.7 Å². The van der Waals surface area contributed by atoms with Gasteiger partial charge in [-0.2, -0.15) is 18.4 Å². The van der Waals surface area contributed by atoms with Crippen LogP contribution in [0.4, 0.5) is 24.5 Å². The molecule has 35 heavy (non-hydrogen) atoms. The van der Waals surface area contributed by atoms with E-state index in [-0.39, 0.29) is 17.4 Å². The van der Waals surface area contributed by atoms with Crippen LogP contribution in [-0.2, 0) is 11.0 Å². The number of fused-ring (bicyclic) bond motifs is 1. The lowest BCUT2D eigenvalue weighted by Crippen LogP contribution is -2.44. The maximum absolute atomic E-state index is 13.5. The number of nitriles is 1. The molecule has 0 saturated carbocycles. The molecule has 1 fully saturated rings. The van der Waals surface area contributed by atoms with Gasteiger partial charge in [-0.3, -0.25) is 9.69 Å². The van der Waals surface area contributed by atoms with Crippen LogP contribution in [0.25, 0.3) is 0 Å². The number of carbonyl (C=O) groups is 1. The molecule has 0 aliphatic carbocycles. The molecule has 2 unspecified atom stereocenters. The highest BCUT2D eigenvalue weighted by Gasteiger charge is 2.51. The third kappa shape index (κ3) is 4.16. The predicted octanol–water partition coefficient (Wildman–Crippen LogP) is 2.99. The standard InChI is InChI=1S/C23H20F3N3O5S/c1-22(2)20(32)28(13-4-3-12(9-27)15(7-13)23(24,25)26)21(35)29(22)14-5-6-17-18(8-14)33-11-19(34-17)16(31)10-30/h3-8,16,19,30-31H,10-11H2,1-2H3. The number of carbonyl (C=O) groups excluding carboxylic acids is 1. The normalized spacial score (nSPS) is 20.1. The molecule has 2 aromatic rings. The summed E-state index contributed by atoms with van der Waals surface area (Å²) in [6.07, 6.45) is -6.69. The zero-order chi connectivity index (χ0) is 25.7. The molecule has 1 amide bonds. The van der Waals surface area contributed by atoms with Gasteiger partial charge in [-0.1, -0.05) is 0 Å². The highest BCUT2D eigenvalue weighted by molar-refractivity contribution is 7.81. The second kappa shape index (κ2) is 8.67. The molecule has 0 aromatic heterocycles. The van der Waals surface area contributed by atoms with E-state index < -0.39 is 47.6 Å². The number of benzene rings is 2. The van der Waals surface area contributed by atoms with Crippen LogP contribution in [0.3, 0.4) is 0 Å². The third-order valence-electron chi connectivity index (χ3n) is 5.84. The summed E-state index contributed by atoms with van der Waals surface area (Å²) >= 11 is 5.53. The number of nitrogens with zero attached hydrogens (tertiary/aromatic N) is 3. The highest BCUT2D eigenvalue weighted by Crippen LogP contribution is 2.42. The van der Waals surface area contributed by atoms with E-state index in [0.717, 1.165) is 17.0 Å². The Morgan fingerprint density at radius 2 is 1.91 bits per heavy atom. The topological polar surface area (TPSA) is 106 Å². The maximum Gasteiger partial charge on any atom is 0.417 e. The fraction of sp³-hybridized carbons (Fsp3) is 0.348. The summed E-state index contributed by atoms with van der Waals surface area (Å²) < 4.78 is 51.8. The van der Waals surface area contributed by atoms with Gasteiger partial charge >= 0.3 is 6.18 Å². The summed E-state index contributed by atoms with van der Waals surface area (Å²) in [6, 6.07) is 9.22. The summed E-state index contributed by atoms with van der Waals surface area (Å²) in [5, 5.41) is 27.9. The fourth-order valence-electron chi connectivity index (χ4n) is 3.98. The third-order valence-corrected chi connectivity index (χ3v) is 6.20. The quantitative estimate of drug-likeness (QED) is 0.609. The summed E-state index contributed by atoms with van der Waals surface area (Å²) in [4.78, 5) is 15.8. The molecule has 2 heterocycles. The van der Waals surface area contributed by atoms with Crippen LogP contribution in [-0.4, -0.2) is 52.2 Å². The number of anilines is 2. The van der Waals surface area contributed by atoms with Crippen molar-refractivity contribution in [3.05, 3.63) is 47.5 Å².